The van der Waals surface area contributed by atoms with E-state index >= 15 is 0 Å². The number of benzene rings is 2. The Labute approximate surface area is 185 Å². The summed E-state index contributed by atoms with van der Waals surface area (Å²) in [5.74, 6) is 1.87. The van der Waals surface area contributed by atoms with Crippen LogP contribution in [0.5, 0.6) is 11.5 Å². The van der Waals surface area contributed by atoms with Crippen LogP contribution in [0, 0.1) is 6.92 Å². The molecule has 0 saturated heterocycles. The molecule has 0 aliphatic heterocycles. The maximum absolute atomic E-state index is 12.4. The predicted octanol–water partition coefficient (Wildman–Crippen LogP) is 4.74. The Balaban J connectivity index is 1.45. The van der Waals surface area contributed by atoms with Gasteiger partial charge in [0.15, 0.2) is 17.1 Å². The number of methoxy groups -OCH3 is 1. The third kappa shape index (κ3) is 4.10. The van der Waals surface area contributed by atoms with Gasteiger partial charge >= 0.3 is 5.69 Å². The fraction of sp³-hybridized carbons (Fsp3) is 0.320. The second-order valence-corrected chi connectivity index (χ2v) is 8.22. The van der Waals surface area contributed by atoms with Crippen molar-refractivity contribution in [2.24, 2.45) is 0 Å². The maximum Gasteiger partial charge on any atom is 0.348 e. The number of oxazole rings is 1. The lowest BCUT2D eigenvalue weighted by molar-refractivity contribution is 0.201. The third-order valence-electron chi connectivity index (χ3n) is 5.84. The lowest BCUT2D eigenvalue weighted by Crippen LogP contribution is -2.22. The van der Waals surface area contributed by atoms with Gasteiger partial charge < -0.3 is 13.9 Å². The van der Waals surface area contributed by atoms with Gasteiger partial charge in [-0.25, -0.2) is 14.8 Å². The highest BCUT2D eigenvalue weighted by molar-refractivity contribution is 5.73. The summed E-state index contributed by atoms with van der Waals surface area (Å²) in [6, 6.07) is 11.6. The minimum atomic E-state index is -0.358. The molecule has 2 heterocycles. The quantitative estimate of drug-likeness (QED) is 0.439. The second-order valence-electron chi connectivity index (χ2n) is 8.22. The number of hydrogen-bond acceptors (Lipinski definition) is 6. The number of ether oxygens (including phenoxy) is 2. The highest BCUT2D eigenvalue weighted by atomic mass is 16.5. The summed E-state index contributed by atoms with van der Waals surface area (Å²) in [7, 11) is 1.64. The average molecular weight is 431 g/mol. The van der Waals surface area contributed by atoms with E-state index in [4.69, 9.17) is 13.9 Å². The molecule has 5 rings (SSSR count). The number of rotatable bonds is 6. The second kappa shape index (κ2) is 8.49. The summed E-state index contributed by atoms with van der Waals surface area (Å²) < 4.78 is 19.0. The van der Waals surface area contributed by atoms with E-state index in [1.807, 2.05) is 43.3 Å². The molecule has 0 unspecified atom stereocenters. The Morgan fingerprint density at radius 2 is 1.94 bits per heavy atom. The standard InChI is InChI=1S/C25H25N3O4/c1-16-7-9-21-20(11-16)27-24(32-21)15-28-14-18(13-26-25(28)29)17-8-10-22(30-2)23(12-17)31-19-5-3-4-6-19/h7-14,19H,3-6,15H2,1-2H3. The maximum atomic E-state index is 12.4. The normalized spacial score (nSPS) is 14.2. The molecule has 7 heteroatoms. The van der Waals surface area contributed by atoms with Crippen molar-refractivity contribution < 1.29 is 13.9 Å². The van der Waals surface area contributed by atoms with Gasteiger partial charge in [0, 0.05) is 18.0 Å². The van der Waals surface area contributed by atoms with Gasteiger partial charge in [0.1, 0.15) is 12.1 Å². The molecule has 0 amide bonds. The number of aromatic nitrogens is 3. The van der Waals surface area contributed by atoms with Gasteiger partial charge in [0.05, 0.1) is 13.2 Å². The Hall–Kier alpha value is -3.61. The molecule has 1 aliphatic carbocycles. The molecule has 32 heavy (non-hydrogen) atoms. The molecule has 1 fully saturated rings. The molecule has 7 nitrogen and oxygen atoms in total. The van der Waals surface area contributed by atoms with Crippen molar-refractivity contribution in [1.82, 2.24) is 14.5 Å². The van der Waals surface area contributed by atoms with Gasteiger partial charge in [-0.15, -0.1) is 0 Å². The highest BCUT2D eigenvalue weighted by Gasteiger charge is 2.19. The fourth-order valence-electron chi connectivity index (χ4n) is 4.15. The molecule has 0 radical (unpaired) electrons. The Morgan fingerprint density at radius 1 is 1.09 bits per heavy atom. The van der Waals surface area contributed by atoms with Crippen molar-refractivity contribution in [3.05, 3.63) is 70.7 Å². The zero-order valence-corrected chi connectivity index (χ0v) is 18.2. The summed E-state index contributed by atoms with van der Waals surface area (Å²) in [5.41, 5.74) is 3.92. The van der Waals surface area contributed by atoms with Crippen molar-refractivity contribution in [2.75, 3.05) is 7.11 Å². The van der Waals surface area contributed by atoms with E-state index < -0.39 is 0 Å². The van der Waals surface area contributed by atoms with Crippen LogP contribution >= 0.6 is 0 Å². The van der Waals surface area contributed by atoms with E-state index in [2.05, 4.69) is 9.97 Å². The molecule has 164 valence electrons. The van der Waals surface area contributed by atoms with Crippen LogP contribution in [0.3, 0.4) is 0 Å². The molecule has 0 N–H and O–H groups in total. The van der Waals surface area contributed by atoms with E-state index in [0.717, 1.165) is 35.0 Å². The number of hydrogen-bond donors (Lipinski definition) is 0. The summed E-state index contributed by atoms with van der Waals surface area (Å²) in [6.07, 6.45) is 8.07. The van der Waals surface area contributed by atoms with Crippen LogP contribution in [0.1, 0.15) is 37.1 Å². The van der Waals surface area contributed by atoms with E-state index in [9.17, 15) is 4.79 Å². The smallest absolute Gasteiger partial charge is 0.348 e. The zero-order valence-electron chi connectivity index (χ0n) is 18.2. The molecule has 0 bridgehead atoms. The fourth-order valence-corrected chi connectivity index (χ4v) is 4.15. The molecule has 1 aliphatic rings. The molecule has 1 saturated carbocycles. The van der Waals surface area contributed by atoms with Gasteiger partial charge in [-0.3, -0.25) is 4.57 Å². The Kier molecular flexibility index (Phi) is 5.39. The van der Waals surface area contributed by atoms with Gasteiger partial charge in [-0.1, -0.05) is 12.1 Å². The van der Waals surface area contributed by atoms with Crippen LogP contribution < -0.4 is 15.2 Å². The van der Waals surface area contributed by atoms with Crippen LogP contribution in [0.25, 0.3) is 22.2 Å². The largest absolute Gasteiger partial charge is 0.493 e. The highest BCUT2D eigenvalue weighted by Crippen LogP contribution is 2.35. The Bertz CT molecular complexity index is 1320. The van der Waals surface area contributed by atoms with Crippen LogP contribution in [0.15, 0.2) is 58.0 Å². The summed E-state index contributed by atoms with van der Waals surface area (Å²) >= 11 is 0. The minimum absolute atomic E-state index is 0.203. The van der Waals surface area contributed by atoms with E-state index in [1.54, 1.807) is 19.5 Å². The molecular weight excluding hydrogens is 406 g/mol. The van der Waals surface area contributed by atoms with Crippen molar-refractivity contribution >= 4 is 11.1 Å². The molecular formula is C25H25N3O4. The first-order chi connectivity index (χ1) is 15.6. The van der Waals surface area contributed by atoms with Crippen LogP contribution in [-0.2, 0) is 6.54 Å². The lowest BCUT2D eigenvalue weighted by atomic mass is 10.1. The Morgan fingerprint density at radius 3 is 2.75 bits per heavy atom. The summed E-state index contributed by atoms with van der Waals surface area (Å²) in [4.78, 5) is 21.0. The van der Waals surface area contributed by atoms with Crippen LogP contribution in [-0.4, -0.2) is 27.7 Å². The van der Waals surface area contributed by atoms with Gasteiger partial charge in [0.2, 0.25) is 5.89 Å². The van der Waals surface area contributed by atoms with E-state index in [-0.39, 0.29) is 18.3 Å². The molecule has 2 aromatic carbocycles. The van der Waals surface area contributed by atoms with Crippen molar-refractivity contribution in [3.63, 3.8) is 0 Å². The molecule has 4 aromatic rings. The number of aryl methyl sites for hydroxylation is 1. The van der Waals surface area contributed by atoms with Crippen molar-refractivity contribution in [1.29, 1.82) is 0 Å². The lowest BCUT2D eigenvalue weighted by Gasteiger charge is -2.17. The third-order valence-corrected chi connectivity index (χ3v) is 5.84. The van der Waals surface area contributed by atoms with E-state index in [1.165, 1.54) is 17.4 Å². The number of fused-ring (bicyclic) bond motifs is 1. The van der Waals surface area contributed by atoms with Crippen molar-refractivity contribution in [2.45, 2.75) is 45.3 Å². The first kappa shape index (κ1) is 20.3. The van der Waals surface area contributed by atoms with Gasteiger partial charge in [-0.2, -0.15) is 0 Å². The molecule has 2 aromatic heterocycles. The molecule has 0 spiro atoms. The average Bonchev–Trinajstić information content (AvgIpc) is 3.44. The predicted molar refractivity (Wildman–Crippen MR) is 121 cm³/mol. The summed E-state index contributed by atoms with van der Waals surface area (Å²) in [5, 5.41) is 0. The SMILES string of the molecule is COc1ccc(-c2cnc(=O)n(Cc3nc4cc(C)ccc4o3)c2)cc1OC1CCCC1. The number of nitrogens with zero attached hydrogens (tertiary/aromatic N) is 3. The minimum Gasteiger partial charge on any atom is -0.493 e. The van der Waals surface area contributed by atoms with Gasteiger partial charge in [-0.05, 0) is 68.0 Å². The van der Waals surface area contributed by atoms with Crippen molar-refractivity contribution in [3.8, 4) is 22.6 Å². The van der Waals surface area contributed by atoms with Crippen LogP contribution in [0.4, 0.5) is 0 Å². The molecule has 0 atom stereocenters. The topological polar surface area (TPSA) is 79.4 Å². The first-order valence-corrected chi connectivity index (χ1v) is 10.9. The first-order valence-electron chi connectivity index (χ1n) is 10.9. The monoisotopic (exact) mass is 431 g/mol. The summed E-state index contributed by atoms with van der Waals surface area (Å²) in [6.45, 7) is 2.21. The van der Waals surface area contributed by atoms with Gasteiger partial charge in [0.25, 0.3) is 0 Å². The zero-order chi connectivity index (χ0) is 22.1. The van der Waals surface area contributed by atoms with Crippen LogP contribution in [0.2, 0.25) is 0 Å². The van der Waals surface area contributed by atoms with E-state index in [0.29, 0.717) is 23.0 Å².